The maximum atomic E-state index is 9.85. The first-order valence-corrected chi connectivity index (χ1v) is 4.09. The maximum absolute atomic E-state index is 9.85. The third-order valence-electron chi connectivity index (χ3n) is 0.398. The summed E-state index contributed by atoms with van der Waals surface area (Å²) in [6, 6.07) is 0. The Hall–Kier alpha value is -0.210. The normalized spacial score (nSPS) is 13.5. The lowest BCUT2D eigenvalue weighted by Crippen LogP contribution is -2.20. The van der Waals surface area contributed by atoms with Crippen molar-refractivity contribution in [3.63, 3.8) is 0 Å². The summed E-state index contributed by atoms with van der Waals surface area (Å²) in [6.45, 7) is 4.83. The van der Waals surface area contributed by atoms with Gasteiger partial charge in [0.15, 0.2) is 0 Å². The quantitative estimate of drug-likeness (QED) is 0.392. The minimum absolute atomic E-state index is 0.704. The average molecular weight is 186 g/mol. The highest BCUT2D eigenvalue weighted by molar-refractivity contribution is 7.80. The fraction of sp³-hybridized carbons (Fsp3) is 1.00. The molecule has 0 aromatic rings. The van der Waals surface area contributed by atoms with Crippen molar-refractivity contribution in [1.82, 2.24) is 0 Å². The van der Waals surface area contributed by atoms with E-state index in [0.717, 1.165) is 0 Å². The topological polar surface area (TPSA) is 82.1 Å². The lowest BCUT2D eigenvalue weighted by molar-refractivity contribution is -0.497. The van der Waals surface area contributed by atoms with Gasteiger partial charge in [-0.1, -0.05) is 4.33 Å². The highest BCUT2D eigenvalue weighted by Gasteiger charge is 2.14. The Morgan fingerprint density at radius 2 is 1.73 bits per heavy atom. The molecular weight excluding hydrogens is 176 g/mol. The molecule has 0 aromatic heterocycles. The van der Waals surface area contributed by atoms with Crippen molar-refractivity contribution < 1.29 is 27.2 Å². The van der Waals surface area contributed by atoms with Crippen molar-refractivity contribution >= 4 is 10.4 Å². The summed E-state index contributed by atoms with van der Waals surface area (Å²) < 4.78 is 31.1. The molecule has 0 aliphatic rings. The summed E-state index contributed by atoms with van der Waals surface area (Å²) in [7, 11) is -4.59. The van der Waals surface area contributed by atoms with Gasteiger partial charge in [0.05, 0.1) is 5.60 Å². The predicted molar refractivity (Wildman–Crippen MR) is 34.6 cm³/mol. The van der Waals surface area contributed by atoms with Crippen LogP contribution in [0.4, 0.5) is 0 Å². The van der Waals surface area contributed by atoms with Gasteiger partial charge in [-0.05, 0) is 25.8 Å². The van der Waals surface area contributed by atoms with E-state index in [1.54, 1.807) is 20.8 Å². The van der Waals surface area contributed by atoms with Gasteiger partial charge in [-0.15, -0.1) is 0 Å². The monoisotopic (exact) mass is 186 g/mol. The molecule has 0 aliphatic carbocycles. The van der Waals surface area contributed by atoms with E-state index in [1.807, 2.05) is 0 Å². The summed E-state index contributed by atoms with van der Waals surface area (Å²) in [5, 5.41) is 3.72. The van der Waals surface area contributed by atoms with Gasteiger partial charge in [0.2, 0.25) is 0 Å². The van der Waals surface area contributed by atoms with E-state index in [0.29, 0.717) is 0 Å². The van der Waals surface area contributed by atoms with Crippen LogP contribution < -0.4 is 0 Å². The summed E-state index contributed by atoms with van der Waals surface area (Å²) in [6.07, 6.45) is 0. The third kappa shape index (κ3) is 9.79. The molecule has 0 radical (unpaired) electrons. The molecule has 68 valence electrons. The molecule has 0 aliphatic heterocycles. The SMILES string of the molecule is CC(C)(C)OOOS(=O)(=O)O. The van der Waals surface area contributed by atoms with E-state index >= 15 is 0 Å². The van der Waals surface area contributed by atoms with Crippen molar-refractivity contribution in [2.24, 2.45) is 0 Å². The van der Waals surface area contributed by atoms with E-state index in [-0.39, 0.29) is 0 Å². The van der Waals surface area contributed by atoms with Crippen LogP contribution in [0.25, 0.3) is 0 Å². The highest BCUT2D eigenvalue weighted by atomic mass is 32.3. The van der Waals surface area contributed by atoms with E-state index in [9.17, 15) is 8.42 Å². The van der Waals surface area contributed by atoms with Crippen molar-refractivity contribution in [2.75, 3.05) is 0 Å². The molecule has 0 fully saturated rings. The third-order valence-corrected chi connectivity index (χ3v) is 0.625. The van der Waals surface area contributed by atoms with E-state index in [2.05, 4.69) is 14.3 Å². The zero-order valence-corrected chi connectivity index (χ0v) is 7.21. The van der Waals surface area contributed by atoms with Crippen LogP contribution >= 0.6 is 0 Å². The predicted octanol–water partition coefficient (Wildman–Crippen LogP) is 0.468. The zero-order valence-electron chi connectivity index (χ0n) is 6.40. The Morgan fingerprint density at radius 1 is 1.27 bits per heavy atom. The van der Waals surface area contributed by atoms with Crippen molar-refractivity contribution in [3.05, 3.63) is 0 Å². The molecule has 0 bridgehead atoms. The van der Waals surface area contributed by atoms with Crippen molar-refractivity contribution in [2.45, 2.75) is 26.4 Å². The minimum Gasteiger partial charge on any atom is -0.262 e. The lowest BCUT2D eigenvalue weighted by atomic mass is 10.2. The van der Waals surface area contributed by atoms with Gasteiger partial charge in [0, 0.05) is 0 Å². The van der Waals surface area contributed by atoms with Crippen molar-refractivity contribution in [3.8, 4) is 0 Å². The minimum atomic E-state index is -4.59. The number of rotatable bonds is 3. The number of hydrogen-bond donors (Lipinski definition) is 1. The number of hydrogen-bond acceptors (Lipinski definition) is 5. The summed E-state index contributed by atoms with van der Waals surface area (Å²) in [5.41, 5.74) is -0.704. The van der Waals surface area contributed by atoms with E-state index in [1.165, 1.54) is 0 Å². The Balaban J connectivity index is 3.61. The van der Waals surface area contributed by atoms with Gasteiger partial charge in [0.1, 0.15) is 0 Å². The molecule has 6 nitrogen and oxygen atoms in total. The van der Waals surface area contributed by atoms with Crippen LogP contribution in [-0.2, 0) is 24.7 Å². The molecule has 0 aromatic carbocycles. The van der Waals surface area contributed by atoms with E-state index in [4.69, 9.17) is 4.55 Å². The molecule has 7 heteroatoms. The molecule has 0 atom stereocenters. The average Bonchev–Trinajstić information content (AvgIpc) is 1.55. The van der Waals surface area contributed by atoms with Crippen molar-refractivity contribution in [1.29, 1.82) is 0 Å². The van der Waals surface area contributed by atoms with Crippen LogP contribution in [0.1, 0.15) is 20.8 Å². The van der Waals surface area contributed by atoms with Crippen LogP contribution in [-0.4, -0.2) is 18.6 Å². The van der Waals surface area contributed by atoms with Gasteiger partial charge in [-0.3, -0.25) is 4.55 Å². The molecule has 0 saturated heterocycles. The largest absolute Gasteiger partial charge is 0.426 e. The van der Waals surface area contributed by atoms with E-state index < -0.39 is 16.0 Å². The highest BCUT2D eigenvalue weighted by Crippen LogP contribution is 2.07. The lowest BCUT2D eigenvalue weighted by Gasteiger charge is -2.14. The first-order valence-electron chi connectivity index (χ1n) is 2.72. The van der Waals surface area contributed by atoms with Crippen LogP contribution in [0.5, 0.6) is 0 Å². The Bertz CT molecular complexity index is 199. The summed E-state index contributed by atoms with van der Waals surface area (Å²) in [4.78, 5) is 4.34. The van der Waals surface area contributed by atoms with Crippen LogP contribution in [0.2, 0.25) is 0 Å². The van der Waals surface area contributed by atoms with Gasteiger partial charge < -0.3 is 0 Å². The second kappa shape index (κ2) is 3.46. The fourth-order valence-corrected chi connectivity index (χ4v) is 0.249. The Kier molecular flexibility index (Phi) is 3.39. The molecule has 0 saturated carbocycles. The summed E-state index contributed by atoms with van der Waals surface area (Å²) >= 11 is 0. The second-order valence-corrected chi connectivity index (χ2v) is 3.75. The first kappa shape index (κ1) is 10.8. The molecular formula is C4H10O6S. The Morgan fingerprint density at radius 3 is 2.00 bits per heavy atom. The van der Waals surface area contributed by atoms with Crippen LogP contribution in [0, 0.1) is 0 Å². The Labute approximate surface area is 64.9 Å². The smallest absolute Gasteiger partial charge is 0.262 e. The molecule has 11 heavy (non-hydrogen) atoms. The van der Waals surface area contributed by atoms with Crippen LogP contribution in [0.15, 0.2) is 0 Å². The second-order valence-electron chi connectivity index (χ2n) is 2.76. The summed E-state index contributed by atoms with van der Waals surface area (Å²) in [5.74, 6) is 0. The molecule has 0 amide bonds. The van der Waals surface area contributed by atoms with Gasteiger partial charge in [-0.25, -0.2) is 0 Å². The van der Waals surface area contributed by atoms with Crippen LogP contribution in [0.3, 0.4) is 0 Å². The fourth-order valence-electron chi connectivity index (χ4n) is 0.151. The van der Waals surface area contributed by atoms with Gasteiger partial charge in [0.25, 0.3) is 0 Å². The van der Waals surface area contributed by atoms with Gasteiger partial charge >= 0.3 is 10.4 Å². The maximum Gasteiger partial charge on any atom is 0.426 e. The molecule has 1 N–H and O–H groups in total. The molecule has 0 unspecified atom stereocenters. The standard InChI is InChI=1S/C4H10O6S/c1-4(2,3)8-9-10-11(5,6)7/h1-3H3,(H,5,6,7). The molecule has 0 rings (SSSR count). The first-order chi connectivity index (χ1) is 4.71. The van der Waals surface area contributed by atoms with Gasteiger partial charge in [-0.2, -0.15) is 13.3 Å². The molecule has 0 spiro atoms. The zero-order chi connectivity index (χ0) is 9.12. The molecule has 0 heterocycles.